The van der Waals surface area contributed by atoms with Crippen LogP contribution in [0.2, 0.25) is 0 Å². The number of Topliss-reactive ketones (excluding diaryl/α,β-unsaturated/α-hetero) is 2. The summed E-state index contributed by atoms with van der Waals surface area (Å²) in [4.78, 5) is 74.0. The third-order valence-corrected chi connectivity index (χ3v) is 9.85. The summed E-state index contributed by atoms with van der Waals surface area (Å²) in [5, 5.41) is 14.7. The largest absolute Gasteiger partial charge is 0.478 e. The first-order valence-corrected chi connectivity index (χ1v) is 20.8. The highest BCUT2D eigenvalue weighted by Gasteiger charge is 2.22. The van der Waals surface area contributed by atoms with Crippen LogP contribution < -0.4 is 10.6 Å². The van der Waals surface area contributed by atoms with Crippen molar-refractivity contribution in [1.29, 1.82) is 0 Å². The minimum absolute atomic E-state index is 0.0973. The minimum atomic E-state index is -1.02. The first-order valence-electron chi connectivity index (χ1n) is 20.8. The Balaban J connectivity index is 0.000000241. The minimum Gasteiger partial charge on any atom is -0.478 e. The van der Waals surface area contributed by atoms with E-state index in [1.165, 1.54) is 24.3 Å². The number of amides is 2. The molecule has 6 aromatic rings. The zero-order valence-electron chi connectivity index (χ0n) is 35.5. The van der Waals surface area contributed by atoms with Gasteiger partial charge in [-0.2, -0.15) is 0 Å². The van der Waals surface area contributed by atoms with Gasteiger partial charge in [0.2, 0.25) is 11.8 Å². The fourth-order valence-corrected chi connectivity index (χ4v) is 6.49. The lowest BCUT2D eigenvalue weighted by molar-refractivity contribution is -0.125. The molecule has 0 aliphatic rings. The molecule has 64 heavy (non-hydrogen) atoms. The number of ketones is 2. The molecule has 2 atom stereocenters. The van der Waals surface area contributed by atoms with Gasteiger partial charge in [-0.1, -0.05) is 146 Å². The summed E-state index contributed by atoms with van der Waals surface area (Å²) in [5.74, 6) is -2.34. The van der Waals surface area contributed by atoms with E-state index in [9.17, 15) is 28.8 Å². The molecule has 0 aliphatic heterocycles. The predicted molar refractivity (Wildman–Crippen MR) is 248 cm³/mol. The van der Waals surface area contributed by atoms with Crippen molar-refractivity contribution in [3.05, 3.63) is 227 Å². The first-order chi connectivity index (χ1) is 31.1. The fraction of sp³-hybridized carbons (Fsp3) is 0.148. The summed E-state index contributed by atoms with van der Waals surface area (Å²) in [7, 11) is 0. The summed E-state index contributed by atoms with van der Waals surface area (Å²) in [6.07, 6.45) is 7.28. The van der Waals surface area contributed by atoms with Gasteiger partial charge < -0.3 is 20.5 Å². The van der Waals surface area contributed by atoms with Gasteiger partial charge in [0.05, 0.1) is 29.8 Å². The zero-order chi connectivity index (χ0) is 45.5. The lowest BCUT2D eigenvalue weighted by Gasteiger charge is -2.17. The molecule has 2 amide bonds. The molecule has 0 heterocycles. The standard InChI is InChI=1S/C28H27NO4.C26H23NO4/c1-2-33-28(32)24-16-13-23(14-17-24)20-26(30)25(19-22-11-7-4-8-12-22)29-27(31)18-15-21-9-5-3-6-10-21;28-24(18-21-11-14-22(15-12-21)26(30)31)23(17-20-9-5-2-6-10-20)27-25(29)16-13-19-7-3-1-4-8-19/h3-18,25H,2,19-20H2,1H3,(H,29,31);1-16,23H,17-18H2,(H,27,29)(H,30,31)/b18-15+;16-13+/t25-;23-/m00/s1. The molecule has 10 heteroatoms. The van der Waals surface area contributed by atoms with Crippen LogP contribution in [0.25, 0.3) is 12.2 Å². The van der Waals surface area contributed by atoms with Gasteiger partial charge in [-0.05, 0) is 89.6 Å². The highest BCUT2D eigenvalue weighted by Crippen LogP contribution is 2.13. The molecule has 324 valence electrons. The second-order valence-electron chi connectivity index (χ2n) is 14.7. The van der Waals surface area contributed by atoms with Crippen LogP contribution >= 0.6 is 0 Å². The molecule has 0 bridgehead atoms. The van der Waals surface area contributed by atoms with Crippen LogP contribution in [0.1, 0.15) is 61.0 Å². The second kappa shape index (κ2) is 25.1. The van der Waals surface area contributed by atoms with Crippen LogP contribution in [0, 0.1) is 0 Å². The number of esters is 1. The lowest BCUT2D eigenvalue weighted by Crippen LogP contribution is -2.42. The number of carboxylic acids is 1. The van der Waals surface area contributed by atoms with Gasteiger partial charge in [-0.15, -0.1) is 0 Å². The van der Waals surface area contributed by atoms with Crippen molar-refractivity contribution in [2.24, 2.45) is 0 Å². The topological polar surface area (TPSA) is 156 Å². The lowest BCUT2D eigenvalue weighted by atomic mass is 9.97. The molecule has 6 aromatic carbocycles. The molecule has 0 spiro atoms. The Bertz CT molecular complexity index is 2500. The van der Waals surface area contributed by atoms with Crippen LogP contribution in [-0.2, 0) is 49.6 Å². The van der Waals surface area contributed by atoms with E-state index in [0.717, 1.165) is 27.8 Å². The molecule has 0 fully saturated rings. The van der Waals surface area contributed by atoms with E-state index >= 15 is 0 Å². The fourth-order valence-electron chi connectivity index (χ4n) is 6.49. The maximum atomic E-state index is 13.1. The molecular formula is C54H50N2O8. The molecule has 0 radical (unpaired) electrons. The smallest absolute Gasteiger partial charge is 0.338 e. The van der Waals surface area contributed by atoms with Crippen molar-refractivity contribution < 1.29 is 38.6 Å². The van der Waals surface area contributed by atoms with Crippen molar-refractivity contribution >= 4 is 47.5 Å². The molecule has 0 aliphatic carbocycles. The van der Waals surface area contributed by atoms with E-state index in [-0.39, 0.29) is 41.8 Å². The molecule has 6 rings (SSSR count). The van der Waals surface area contributed by atoms with E-state index in [4.69, 9.17) is 9.84 Å². The van der Waals surface area contributed by atoms with Gasteiger partial charge in [0.25, 0.3) is 0 Å². The summed E-state index contributed by atoms with van der Waals surface area (Å²) < 4.78 is 4.99. The van der Waals surface area contributed by atoms with Crippen molar-refractivity contribution in [2.45, 2.75) is 44.7 Å². The number of hydrogen-bond donors (Lipinski definition) is 3. The number of nitrogens with one attached hydrogen (secondary N) is 2. The number of aromatic carboxylic acids is 1. The van der Waals surface area contributed by atoms with Crippen LogP contribution in [0.15, 0.2) is 182 Å². The number of ether oxygens (including phenoxy) is 1. The van der Waals surface area contributed by atoms with Crippen molar-refractivity contribution in [3.63, 3.8) is 0 Å². The van der Waals surface area contributed by atoms with Crippen molar-refractivity contribution in [2.75, 3.05) is 6.61 Å². The highest BCUT2D eigenvalue weighted by molar-refractivity contribution is 5.98. The maximum Gasteiger partial charge on any atom is 0.338 e. The number of carbonyl (C=O) groups is 6. The number of rotatable bonds is 19. The van der Waals surface area contributed by atoms with Crippen LogP contribution in [0.4, 0.5) is 0 Å². The number of carboxylic acid groups (broad SMARTS) is 1. The van der Waals surface area contributed by atoms with Gasteiger partial charge >= 0.3 is 11.9 Å². The molecule has 3 N–H and O–H groups in total. The average Bonchev–Trinajstić information content (AvgIpc) is 3.32. The van der Waals surface area contributed by atoms with Crippen molar-refractivity contribution in [3.8, 4) is 0 Å². The monoisotopic (exact) mass is 854 g/mol. The third kappa shape index (κ3) is 16.1. The Hall–Kier alpha value is -7.98. The predicted octanol–water partition coefficient (Wildman–Crippen LogP) is 8.35. The summed E-state index contributed by atoms with van der Waals surface area (Å²) >= 11 is 0. The van der Waals surface area contributed by atoms with Crippen LogP contribution in [-0.4, -0.2) is 59.1 Å². The Morgan fingerprint density at radius 1 is 0.484 bits per heavy atom. The Kier molecular flexibility index (Phi) is 18.4. The third-order valence-electron chi connectivity index (χ3n) is 9.85. The summed E-state index contributed by atoms with van der Waals surface area (Å²) in [6, 6.07) is 49.6. The van der Waals surface area contributed by atoms with E-state index in [1.54, 1.807) is 55.5 Å². The normalized spacial score (nSPS) is 11.7. The summed E-state index contributed by atoms with van der Waals surface area (Å²) in [6.45, 7) is 2.06. The quantitative estimate of drug-likeness (QED) is 0.0543. The molecular weight excluding hydrogens is 805 g/mol. The highest BCUT2D eigenvalue weighted by atomic mass is 16.5. The average molecular weight is 855 g/mol. The van der Waals surface area contributed by atoms with Gasteiger partial charge in [0.1, 0.15) is 0 Å². The number of hydrogen-bond acceptors (Lipinski definition) is 7. The zero-order valence-corrected chi connectivity index (χ0v) is 35.5. The SMILES string of the molecule is CCOC(=O)c1ccc(CC(=O)[C@H](Cc2ccccc2)NC(=O)/C=C/c2ccccc2)cc1.O=C(/C=C/c1ccccc1)N[C@@H](Cc1ccccc1)C(=O)Cc1ccc(C(=O)O)cc1. The van der Waals surface area contributed by atoms with Crippen LogP contribution in [0.5, 0.6) is 0 Å². The van der Waals surface area contributed by atoms with E-state index in [2.05, 4.69) is 10.6 Å². The molecule has 0 saturated heterocycles. The summed E-state index contributed by atoms with van der Waals surface area (Å²) in [5.41, 5.74) is 5.75. The van der Waals surface area contributed by atoms with Crippen molar-refractivity contribution in [1.82, 2.24) is 10.6 Å². The van der Waals surface area contributed by atoms with Gasteiger partial charge in [-0.25, -0.2) is 9.59 Å². The van der Waals surface area contributed by atoms with E-state index in [1.807, 2.05) is 121 Å². The second-order valence-corrected chi connectivity index (χ2v) is 14.7. The maximum absolute atomic E-state index is 13.1. The van der Waals surface area contributed by atoms with Gasteiger partial charge in [-0.3, -0.25) is 19.2 Å². The van der Waals surface area contributed by atoms with Crippen LogP contribution in [0.3, 0.4) is 0 Å². The Morgan fingerprint density at radius 2 is 0.844 bits per heavy atom. The molecule has 0 unspecified atom stereocenters. The molecule has 0 aromatic heterocycles. The van der Waals surface area contributed by atoms with E-state index in [0.29, 0.717) is 30.6 Å². The number of benzene rings is 6. The Morgan fingerprint density at radius 3 is 1.20 bits per heavy atom. The molecule has 0 saturated carbocycles. The van der Waals surface area contributed by atoms with E-state index < -0.39 is 24.0 Å². The number of carbonyl (C=O) groups excluding carboxylic acids is 5. The molecule has 10 nitrogen and oxygen atoms in total. The van der Waals surface area contributed by atoms with Gasteiger partial charge in [0.15, 0.2) is 11.6 Å². The first kappa shape index (κ1) is 47.1. The Labute approximate surface area is 373 Å². The van der Waals surface area contributed by atoms with Gasteiger partial charge in [0, 0.05) is 25.0 Å².